The first-order valence-corrected chi connectivity index (χ1v) is 10.7. The maximum atomic E-state index is 13.0. The number of hydrogen-bond donors (Lipinski definition) is 2. The highest BCUT2D eigenvalue weighted by Gasteiger charge is 2.14. The number of anilines is 1. The molecule has 4 aromatic rings. The molecular weight excluding hydrogens is 406 g/mol. The van der Waals surface area contributed by atoms with Crippen molar-refractivity contribution in [2.24, 2.45) is 0 Å². The second-order valence-electron chi connectivity index (χ2n) is 7.86. The van der Waals surface area contributed by atoms with Gasteiger partial charge in [0.05, 0.1) is 17.4 Å². The van der Waals surface area contributed by atoms with Crippen molar-refractivity contribution in [3.63, 3.8) is 0 Å². The van der Waals surface area contributed by atoms with Crippen molar-refractivity contribution in [1.29, 1.82) is 0 Å². The maximum Gasteiger partial charge on any atom is 0.262 e. The van der Waals surface area contributed by atoms with Crippen molar-refractivity contribution in [2.45, 2.75) is 25.8 Å². The maximum absolute atomic E-state index is 13.0. The van der Waals surface area contributed by atoms with Crippen molar-refractivity contribution >= 4 is 34.7 Å². The van der Waals surface area contributed by atoms with Crippen LogP contribution in [-0.2, 0) is 19.4 Å². The van der Waals surface area contributed by atoms with E-state index in [0.29, 0.717) is 27.8 Å². The fourth-order valence-corrected chi connectivity index (χ4v) is 4.42. The van der Waals surface area contributed by atoms with Crippen molar-refractivity contribution in [2.75, 3.05) is 5.32 Å². The van der Waals surface area contributed by atoms with E-state index in [1.807, 2.05) is 36.4 Å². The number of hydrogen-bond acceptors (Lipinski definition) is 3. The molecule has 0 spiro atoms. The molecule has 0 bridgehead atoms. The fourth-order valence-electron chi connectivity index (χ4n) is 4.16. The second-order valence-corrected chi connectivity index (χ2v) is 8.25. The van der Waals surface area contributed by atoms with E-state index in [1.54, 1.807) is 18.2 Å². The Labute approximate surface area is 184 Å². The van der Waals surface area contributed by atoms with Gasteiger partial charge in [0.25, 0.3) is 11.5 Å². The number of aryl methyl sites for hydroxylation is 2. The molecular formula is C25H21N3O2S. The zero-order valence-corrected chi connectivity index (χ0v) is 17.7. The lowest BCUT2D eigenvalue weighted by Gasteiger charge is -2.10. The average molecular weight is 428 g/mol. The highest BCUT2D eigenvalue weighted by Crippen LogP contribution is 2.25. The minimum Gasteiger partial charge on any atom is -0.332 e. The average Bonchev–Trinajstić information content (AvgIpc) is 3.25. The van der Waals surface area contributed by atoms with Crippen molar-refractivity contribution in [1.82, 2.24) is 9.55 Å². The summed E-state index contributed by atoms with van der Waals surface area (Å²) in [4.78, 5) is 28.9. The Morgan fingerprint density at radius 3 is 2.65 bits per heavy atom. The molecule has 1 aromatic heterocycles. The molecule has 1 aliphatic rings. The molecule has 1 heterocycles. The zero-order valence-electron chi connectivity index (χ0n) is 16.9. The molecule has 31 heavy (non-hydrogen) atoms. The molecule has 0 atom stereocenters. The minimum atomic E-state index is -0.215. The minimum absolute atomic E-state index is 0.173. The Hall–Kier alpha value is -3.51. The Bertz CT molecular complexity index is 1420. The summed E-state index contributed by atoms with van der Waals surface area (Å²) in [5.74, 6) is -0.215. The van der Waals surface area contributed by atoms with Crippen LogP contribution in [0.2, 0.25) is 0 Å². The number of aromatic nitrogens is 2. The molecule has 154 valence electrons. The number of amides is 1. The Kier molecular flexibility index (Phi) is 5.00. The first-order chi connectivity index (χ1) is 15.1. The number of carbonyl (C=O) groups excluding carboxylic acids is 1. The van der Waals surface area contributed by atoms with E-state index in [9.17, 15) is 9.59 Å². The zero-order chi connectivity index (χ0) is 21.4. The van der Waals surface area contributed by atoms with Crippen molar-refractivity contribution in [3.8, 4) is 0 Å². The molecule has 0 radical (unpaired) electrons. The number of fused-ring (bicyclic) bond motifs is 2. The van der Waals surface area contributed by atoms with Gasteiger partial charge in [-0.3, -0.25) is 14.2 Å². The highest BCUT2D eigenvalue weighted by atomic mass is 32.1. The third kappa shape index (κ3) is 3.82. The Morgan fingerprint density at radius 1 is 1.00 bits per heavy atom. The van der Waals surface area contributed by atoms with Gasteiger partial charge in [-0.05, 0) is 78.5 Å². The van der Waals surface area contributed by atoms with Crippen molar-refractivity contribution < 1.29 is 4.79 Å². The Morgan fingerprint density at radius 2 is 1.81 bits per heavy atom. The van der Waals surface area contributed by atoms with Gasteiger partial charge < -0.3 is 10.3 Å². The molecule has 0 saturated heterocycles. The van der Waals surface area contributed by atoms with Crippen LogP contribution in [0.15, 0.2) is 71.5 Å². The van der Waals surface area contributed by atoms with Gasteiger partial charge in [-0.15, -0.1) is 0 Å². The summed E-state index contributed by atoms with van der Waals surface area (Å²) in [6.07, 6.45) is 3.33. The summed E-state index contributed by atoms with van der Waals surface area (Å²) >= 11 is 5.43. The van der Waals surface area contributed by atoms with Crippen LogP contribution in [0, 0.1) is 4.77 Å². The first-order valence-electron chi connectivity index (χ1n) is 10.3. The number of nitrogens with zero attached hydrogens (tertiary/aromatic N) is 1. The van der Waals surface area contributed by atoms with E-state index in [0.717, 1.165) is 24.1 Å². The largest absolute Gasteiger partial charge is 0.332 e. The van der Waals surface area contributed by atoms with Gasteiger partial charge in [0.2, 0.25) is 0 Å². The van der Waals surface area contributed by atoms with E-state index in [4.69, 9.17) is 12.2 Å². The van der Waals surface area contributed by atoms with Crippen LogP contribution in [0.4, 0.5) is 5.69 Å². The predicted molar refractivity (Wildman–Crippen MR) is 125 cm³/mol. The SMILES string of the molecule is O=C(Nc1ccc2c(c1)CCC2)c1ccc2c(=O)n(Cc3ccccc3)c(=S)[nH]c2c1. The van der Waals surface area contributed by atoms with Crippen LogP contribution in [0.3, 0.4) is 0 Å². The van der Waals surface area contributed by atoms with Crippen LogP contribution in [0.1, 0.15) is 33.5 Å². The van der Waals surface area contributed by atoms with Crippen LogP contribution >= 0.6 is 12.2 Å². The molecule has 1 amide bonds. The topological polar surface area (TPSA) is 66.9 Å². The molecule has 0 saturated carbocycles. The molecule has 5 rings (SSSR count). The number of aromatic amines is 1. The third-order valence-corrected chi connectivity index (χ3v) is 6.11. The molecule has 5 nitrogen and oxygen atoms in total. The van der Waals surface area contributed by atoms with E-state index < -0.39 is 0 Å². The summed E-state index contributed by atoms with van der Waals surface area (Å²) in [6, 6.07) is 20.8. The summed E-state index contributed by atoms with van der Waals surface area (Å²) in [5, 5.41) is 3.46. The first kappa shape index (κ1) is 19.5. The van der Waals surface area contributed by atoms with Gasteiger partial charge in [-0.25, -0.2) is 0 Å². The van der Waals surface area contributed by atoms with E-state index in [1.165, 1.54) is 22.1 Å². The lowest BCUT2D eigenvalue weighted by atomic mass is 10.1. The lowest BCUT2D eigenvalue weighted by molar-refractivity contribution is 0.102. The molecule has 3 aromatic carbocycles. The number of rotatable bonds is 4. The van der Waals surface area contributed by atoms with Crippen LogP contribution in [-0.4, -0.2) is 15.5 Å². The second kappa shape index (κ2) is 7.96. The normalized spacial score (nSPS) is 12.6. The number of benzene rings is 3. The van der Waals surface area contributed by atoms with Crippen molar-refractivity contribution in [3.05, 3.63) is 104 Å². The summed E-state index contributed by atoms with van der Waals surface area (Å²) in [5.41, 5.74) is 5.31. The monoisotopic (exact) mass is 427 g/mol. The van der Waals surface area contributed by atoms with Gasteiger partial charge in [-0.1, -0.05) is 36.4 Å². The predicted octanol–water partition coefficient (Wildman–Crippen LogP) is 4.85. The van der Waals surface area contributed by atoms with E-state index >= 15 is 0 Å². The van der Waals surface area contributed by atoms with Gasteiger partial charge in [0.15, 0.2) is 4.77 Å². The fraction of sp³-hybridized carbons (Fsp3) is 0.160. The van der Waals surface area contributed by atoms with Crippen LogP contribution in [0.5, 0.6) is 0 Å². The molecule has 6 heteroatoms. The highest BCUT2D eigenvalue weighted by molar-refractivity contribution is 7.71. The smallest absolute Gasteiger partial charge is 0.262 e. The quantitative estimate of drug-likeness (QED) is 0.458. The molecule has 2 N–H and O–H groups in total. The third-order valence-electron chi connectivity index (χ3n) is 5.78. The summed E-state index contributed by atoms with van der Waals surface area (Å²) in [6.45, 7) is 0.394. The number of carbonyl (C=O) groups is 1. The standard InChI is InChI=1S/C25H21N3O2S/c29-23(26-20-11-9-17-7-4-8-18(17)13-20)19-10-12-21-22(14-19)27-25(31)28(24(21)30)15-16-5-2-1-3-6-16/h1-3,5-6,9-14H,4,7-8,15H2,(H,26,29)(H,27,31). The van der Waals surface area contributed by atoms with E-state index in [2.05, 4.69) is 22.4 Å². The van der Waals surface area contributed by atoms with E-state index in [-0.39, 0.29) is 11.5 Å². The van der Waals surface area contributed by atoms with Gasteiger partial charge in [0, 0.05) is 11.3 Å². The van der Waals surface area contributed by atoms with Crippen LogP contribution in [0.25, 0.3) is 10.9 Å². The molecule has 0 unspecified atom stereocenters. The summed E-state index contributed by atoms with van der Waals surface area (Å²) < 4.78 is 1.87. The molecule has 1 aliphatic carbocycles. The van der Waals surface area contributed by atoms with Gasteiger partial charge in [-0.2, -0.15) is 0 Å². The summed E-state index contributed by atoms with van der Waals surface area (Å²) in [7, 11) is 0. The van der Waals surface area contributed by atoms with Crippen LogP contribution < -0.4 is 10.9 Å². The number of H-pyrrole nitrogens is 1. The number of nitrogens with one attached hydrogen (secondary N) is 2. The Balaban J connectivity index is 1.44. The lowest BCUT2D eigenvalue weighted by Crippen LogP contribution is -2.23. The van der Waals surface area contributed by atoms with Gasteiger partial charge >= 0.3 is 0 Å². The van der Waals surface area contributed by atoms with Gasteiger partial charge in [0.1, 0.15) is 0 Å². The molecule has 0 aliphatic heterocycles. The molecule has 0 fully saturated rings.